The van der Waals surface area contributed by atoms with Crippen LogP contribution >= 0.6 is 0 Å². The van der Waals surface area contributed by atoms with Gasteiger partial charge in [-0.15, -0.1) is 0 Å². The second kappa shape index (κ2) is 12.6. The Bertz CT molecular complexity index is 1120. The summed E-state index contributed by atoms with van der Waals surface area (Å²) < 4.78 is 13.8. The summed E-state index contributed by atoms with van der Waals surface area (Å²) in [6.07, 6.45) is -0.959. The van der Waals surface area contributed by atoms with Crippen LogP contribution in [0.5, 0.6) is 0 Å². The fourth-order valence-electron chi connectivity index (χ4n) is 6.85. The van der Waals surface area contributed by atoms with E-state index in [1.54, 1.807) is 4.90 Å². The molecular formula is C32H68BrN3O6Si3. The molecule has 0 spiro atoms. The van der Waals surface area contributed by atoms with Crippen molar-refractivity contribution in [3.05, 3.63) is 0 Å². The number of quaternary nitrogens is 1. The molecule has 6 atom stereocenters. The molecule has 3 amide bonds. The van der Waals surface area contributed by atoms with E-state index in [1.807, 2.05) is 48.7 Å². The van der Waals surface area contributed by atoms with Crippen LogP contribution in [0.15, 0.2) is 0 Å². The molecule has 2 aliphatic heterocycles. The minimum atomic E-state index is -2.78. The molecule has 2 rings (SSSR count). The minimum Gasteiger partial charge on any atom is -1.00 e. The molecule has 0 aliphatic carbocycles. The Morgan fingerprint density at radius 1 is 1.04 bits per heavy atom. The summed E-state index contributed by atoms with van der Waals surface area (Å²) in [5.41, 5.74) is -2.38. The lowest BCUT2D eigenvalue weighted by molar-refractivity contribution is -0.996. The highest BCUT2D eigenvalue weighted by atomic mass is 79.9. The molecule has 2 fully saturated rings. The van der Waals surface area contributed by atoms with E-state index in [1.165, 1.54) is 0 Å². The lowest BCUT2D eigenvalue weighted by Gasteiger charge is -2.58. The van der Waals surface area contributed by atoms with Gasteiger partial charge in [-0.3, -0.25) is 19.3 Å². The highest BCUT2D eigenvalue weighted by molar-refractivity contribution is 6.84. The summed E-state index contributed by atoms with van der Waals surface area (Å²) in [6, 6.07) is -0.545. The van der Waals surface area contributed by atoms with E-state index in [4.69, 9.17) is 9.16 Å². The average molecular weight is 755 g/mol. The molecule has 2 heterocycles. The number of halogens is 1. The van der Waals surface area contributed by atoms with Crippen LogP contribution in [0.25, 0.3) is 0 Å². The molecule has 2 saturated heterocycles. The molecule has 0 radical (unpaired) electrons. The maximum Gasteiger partial charge on any atom is 0.330 e. The molecule has 0 aromatic heterocycles. The van der Waals surface area contributed by atoms with Crippen LogP contribution in [0.2, 0.25) is 49.4 Å². The van der Waals surface area contributed by atoms with Crippen LogP contribution in [0.4, 0.5) is 4.79 Å². The standard InChI is InChI=1S/C32H67N3O6Si3.BrH/c1-22-31(39,44(18,19)29(8,9)10)23(24(36)43(16,17)28(5,6)7)41-32(22,35(12,13)21-40-42(14)15)34-20-30(11,27(2,3)4)25(37)33-26(34)38;/h22-24,36,39,42H,20-21H2,1-19H3;1H/t22?,23-,24?,30?,31-,32-;/m1./s1. The zero-order valence-electron chi connectivity index (χ0n) is 32.0. The van der Waals surface area contributed by atoms with Gasteiger partial charge in [0.2, 0.25) is 5.91 Å². The molecule has 0 saturated carbocycles. The molecule has 9 nitrogen and oxygen atoms in total. The number of aliphatic hydroxyl groups excluding tert-OH is 1. The summed E-state index contributed by atoms with van der Waals surface area (Å²) in [6.45, 7) is 36.1. The first-order valence-corrected chi connectivity index (χ1v) is 25.2. The third kappa shape index (κ3) is 6.49. The Labute approximate surface area is 289 Å². The second-order valence-electron chi connectivity index (χ2n) is 19.0. The highest BCUT2D eigenvalue weighted by Crippen LogP contribution is 2.60. The van der Waals surface area contributed by atoms with Gasteiger partial charge in [0.25, 0.3) is 5.85 Å². The van der Waals surface area contributed by atoms with Crippen molar-refractivity contribution in [1.82, 2.24) is 10.2 Å². The molecule has 2 aliphatic rings. The van der Waals surface area contributed by atoms with E-state index in [0.29, 0.717) is 0 Å². The van der Waals surface area contributed by atoms with Crippen LogP contribution in [-0.2, 0) is 14.0 Å². The first-order chi connectivity index (χ1) is 19.2. The van der Waals surface area contributed by atoms with E-state index in [0.717, 1.165) is 0 Å². The molecule has 45 heavy (non-hydrogen) atoms. The summed E-state index contributed by atoms with van der Waals surface area (Å²) in [4.78, 5) is 29.4. The first kappa shape index (κ1) is 42.9. The molecule has 0 aromatic rings. The average Bonchev–Trinajstić information content (AvgIpc) is 3.07. The van der Waals surface area contributed by atoms with Gasteiger partial charge in [0.15, 0.2) is 15.8 Å². The van der Waals surface area contributed by atoms with Gasteiger partial charge >= 0.3 is 6.03 Å². The Hall–Kier alpha value is -0.129. The number of imide groups is 1. The topological polar surface area (TPSA) is 108 Å². The SMILES string of the molecule is CC1[C@@](N2CC(C)(C(C)(C)C)C(=O)NC2=O)([N+](C)(C)CO[SiH](C)C)O[C@H](C(O)[Si](C)(C)C(C)(C)C)[C@]1(O)[Si](C)(C)C(C)(C)C.[Br-]. The zero-order chi connectivity index (χ0) is 35.1. The van der Waals surface area contributed by atoms with Crippen LogP contribution in [-0.4, -0.2) is 107 Å². The number of ether oxygens (including phenoxy) is 1. The molecule has 0 aromatic carbocycles. The van der Waals surface area contributed by atoms with Gasteiger partial charge < -0.3 is 31.6 Å². The van der Waals surface area contributed by atoms with Crippen molar-refractivity contribution >= 4 is 37.1 Å². The first-order valence-electron chi connectivity index (χ1n) is 16.4. The monoisotopic (exact) mass is 753 g/mol. The lowest BCUT2D eigenvalue weighted by Crippen LogP contribution is -3.00. The van der Waals surface area contributed by atoms with E-state index in [2.05, 4.69) is 86.1 Å². The van der Waals surface area contributed by atoms with Crippen molar-refractivity contribution in [1.29, 1.82) is 0 Å². The lowest BCUT2D eigenvalue weighted by atomic mass is 9.66. The largest absolute Gasteiger partial charge is 1.00 e. The van der Waals surface area contributed by atoms with Crippen molar-refractivity contribution in [2.24, 2.45) is 16.7 Å². The van der Waals surface area contributed by atoms with Gasteiger partial charge in [0, 0.05) is 6.54 Å². The van der Waals surface area contributed by atoms with E-state index >= 15 is 0 Å². The molecule has 266 valence electrons. The van der Waals surface area contributed by atoms with Gasteiger partial charge in [-0.2, -0.15) is 0 Å². The number of carbonyl (C=O) groups is 2. The van der Waals surface area contributed by atoms with Crippen molar-refractivity contribution in [2.45, 2.75) is 148 Å². The number of hydrogen-bond donors (Lipinski definition) is 3. The minimum absolute atomic E-state index is 0. The predicted molar refractivity (Wildman–Crippen MR) is 187 cm³/mol. The van der Waals surface area contributed by atoms with Gasteiger partial charge in [-0.05, 0) is 42.4 Å². The van der Waals surface area contributed by atoms with E-state index < -0.39 is 70.9 Å². The summed E-state index contributed by atoms with van der Waals surface area (Å²) in [5.74, 6) is -2.42. The van der Waals surface area contributed by atoms with Gasteiger partial charge in [-0.25, -0.2) is 9.69 Å². The molecule has 3 N–H and O–H groups in total. The van der Waals surface area contributed by atoms with Crippen LogP contribution in [0, 0.1) is 16.7 Å². The third-order valence-electron chi connectivity index (χ3n) is 12.9. The molecule has 3 unspecified atom stereocenters. The second-order valence-corrected chi connectivity index (χ2v) is 32.5. The number of carbonyl (C=O) groups excluding carboxylic acids is 2. The number of rotatable bonds is 8. The number of urea groups is 1. The Morgan fingerprint density at radius 3 is 1.89 bits per heavy atom. The number of aliphatic hydroxyl groups is 2. The Morgan fingerprint density at radius 2 is 1.51 bits per heavy atom. The van der Waals surface area contributed by atoms with Crippen molar-refractivity contribution in [3.8, 4) is 0 Å². The maximum atomic E-state index is 14.2. The quantitative estimate of drug-likeness (QED) is 0.200. The van der Waals surface area contributed by atoms with Crippen molar-refractivity contribution in [3.63, 3.8) is 0 Å². The summed E-state index contributed by atoms with van der Waals surface area (Å²) in [7, 11) is -2.85. The predicted octanol–water partition coefficient (Wildman–Crippen LogP) is 2.50. The van der Waals surface area contributed by atoms with Crippen LogP contribution < -0.4 is 22.3 Å². The molecule has 0 bridgehead atoms. The fraction of sp³-hybridized carbons (Fsp3) is 0.938. The molecule has 13 heteroatoms. The maximum absolute atomic E-state index is 14.2. The summed E-state index contributed by atoms with van der Waals surface area (Å²) >= 11 is 0. The third-order valence-corrected chi connectivity index (χ3v) is 25.8. The van der Waals surface area contributed by atoms with Gasteiger partial charge in [0.05, 0.1) is 52.5 Å². The van der Waals surface area contributed by atoms with E-state index in [9.17, 15) is 19.8 Å². The van der Waals surface area contributed by atoms with Crippen molar-refractivity contribution < 1.29 is 50.4 Å². The number of amides is 3. The zero-order valence-corrected chi connectivity index (χ0v) is 36.8. The summed E-state index contributed by atoms with van der Waals surface area (Å²) in [5, 5.41) is 26.8. The smallest absolute Gasteiger partial charge is 0.330 e. The number of hydrogen-bond acceptors (Lipinski definition) is 6. The normalized spacial score (nSPS) is 31.6. The van der Waals surface area contributed by atoms with Crippen molar-refractivity contribution in [2.75, 3.05) is 27.4 Å². The van der Waals surface area contributed by atoms with E-state index in [-0.39, 0.29) is 50.7 Å². The Balaban J connectivity index is 0.0000101. The van der Waals surface area contributed by atoms with Gasteiger partial charge in [0.1, 0.15) is 6.10 Å². The van der Waals surface area contributed by atoms with Gasteiger partial charge in [-0.1, -0.05) is 88.5 Å². The Kier molecular flexibility index (Phi) is 12.0. The highest BCUT2D eigenvalue weighted by Gasteiger charge is 2.79. The number of nitrogens with zero attached hydrogens (tertiary/aromatic N) is 2. The molecular weight excluding hydrogens is 687 g/mol. The van der Waals surface area contributed by atoms with Crippen LogP contribution in [0.3, 0.4) is 0 Å². The fourth-order valence-corrected chi connectivity index (χ4v) is 13.1. The number of nitrogens with one attached hydrogen (secondary N) is 1. The van der Waals surface area contributed by atoms with Crippen LogP contribution in [0.1, 0.15) is 76.2 Å².